The average Bonchev–Trinajstić information content (AvgIpc) is 3.00. The van der Waals surface area contributed by atoms with Crippen LogP contribution in [0.25, 0.3) is 5.70 Å². The molecule has 1 aliphatic rings. The van der Waals surface area contributed by atoms with Crippen molar-refractivity contribution in [1.82, 2.24) is 4.90 Å². The summed E-state index contributed by atoms with van der Waals surface area (Å²) in [6.07, 6.45) is 0.113. The topological polar surface area (TPSA) is 90.7 Å². The summed E-state index contributed by atoms with van der Waals surface area (Å²) >= 11 is 6.05. The number of carbonyl (C=O) groups excluding carboxylic acids is 3. The van der Waals surface area contributed by atoms with Crippen LogP contribution in [0.15, 0.2) is 49.0 Å². The molecule has 158 valence electrons. The first-order valence-electron chi connectivity index (χ1n) is 9.52. The van der Waals surface area contributed by atoms with E-state index < -0.39 is 18.5 Å². The summed E-state index contributed by atoms with van der Waals surface area (Å²) in [5.74, 6) is -1.56. The molecule has 0 aromatic heterocycles. The highest BCUT2D eigenvalue weighted by molar-refractivity contribution is 6.31. The fraction of sp³-hybridized carbons (Fsp3) is 0.217. The van der Waals surface area contributed by atoms with Crippen molar-refractivity contribution in [3.63, 3.8) is 0 Å². The monoisotopic (exact) mass is 437 g/mol. The number of rotatable bonds is 7. The Kier molecular flexibility index (Phi) is 6.73. The van der Waals surface area contributed by atoms with Crippen LogP contribution in [0.4, 0.5) is 5.69 Å². The molecule has 0 N–H and O–H groups in total. The highest BCUT2D eigenvalue weighted by Crippen LogP contribution is 2.30. The molecule has 0 unspecified atom stereocenters. The minimum atomic E-state index is -0.733. The molecule has 3 rings (SSSR count). The maximum Gasteiger partial charge on any atom is 0.326 e. The number of nitriles is 1. The summed E-state index contributed by atoms with van der Waals surface area (Å²) < 4.78 is 5.12. The van der Waals surface area contributed by atoms with Crippen molar-refractivity contribution in [2.24, 2.45) is 0 Å². The third kappa shape index (κ3) is 4.76. The molecular formula is C23H20ClN3O4. The Hall–Kier alpha value is -3.63. The molecule has 1 aliphatic heterocycles. The van der Waals surface area contributed by atoms with Crippen molar-refractivity contribution in [2.45, 2.75) is 13.3 Å². The number of ether oxygens (including phenoxy) is 1. The highest BCUT2D eigenvalue weighted by atomic mass is 35.5. The molecule has 0 saturated heterocycles. The number of benzene rings is 2. The zero-order valence-electron chi connectivity index (χ0n) is 16.9. The Morgan fingerprint density at radius 1 is 1.23 bits per heavy atom. The molecule has 31 heavy (non-hydrogen) atoms. The fourth-order valence-corrected chi connectivity index (χ4v) is 3.37. The van der Waals surface area contributed by atoms with Gasteiger partial charge in [-0.2, -0.15) is 5.26 Å². The molecule has 0 fully saturated rings. The number of carbonyl (C=O) groups is 3. The van der Waals surface area contributed by atoms with E-state index in [1.165, 1.54) is 9.80 Å². The smallest absolute Gasteiger partial charge is 0.326 e. The second-order valence-electron chi connectivity index (χ2n) is 6.93. The summed E-state index contributed by atoms with van der Waals surface area (Å²) in [5.41, 5.74) is 2.87. The second-order valence-corrected chi connectivity index (χ2v) is 7.34. The molecule has 0 aliphatic carbocycles. The molecule has 2 aromatic rings. The molecule has 0 radical (unpaired) electrons. The lowest BCUT2D eigenvalue weighted by Gasteiger charge is -2.23. The minimum Gasteiger partial charge on any atom is -0.454 e. The van der Waals surface area contributed by atoms with E-state index >= 15 is 0 Å². The predicted molar refractivity (Wildman–Crippen MR) is 116 cm³/mol. The SMILES string of the molecule is C=C1c2ccccc2C(=O)N1CC(=O)OCC(=O)N(CCC#N)c1ccc(Cl)c(C)c1. The fourth-order valence-electron chi connectivity index (χ4n) is 3.25. The third-order valence-corrected chi connectivity index (χ3v) is 5.31. The van der Waals surface area contributed by atoms with Crippen LogP contribution in [0.5, 0.6) is 0 Å². The van der Waals surface area contributed by atoms with Gasteiger partial charge in [0.1, 0.15) is 6.54 Å². The number of hydrogen-bond acceptors (Lipinski definition) is 5. The van der Waals surface area contributed by atoms with Crippen molar-refractivity contribution in [1.29, 1.82) is 5.26 Å². The molecule has 2 amide bonds. The maximum atomic E-state index is 12.7. The van der Waals surface area contributed by atoms with Crippen molar-refractivity contribution >= 4 is 40.8 Å². The van der Waals surface area contributed by atoms with Crippen LogP contribution in [0, 0.1) is 18.3 Å². The number of nitrogens with zero attached hydrogens (tertiary/aromatic N) is 3. The van der Waals surface area contributed by atoms with Crippen molar-refractivity contribution in [3.8, 4) is 6.07 Å². The van der Waals surface area contributed by atoms with Gasteiger partial charge in [0.2, 0.25) is 0 Å². The normalized spacial score (nSPS) is 12.4. The summed E-state index contributed by atoms with van der Waals surface area (Å²) in [6.45, 7) is 4.95. The maximum absolute atomic E-state index is 12.7. The molecule has 0 spiro atoms. The third-order valence-electron chi connectivity index (χ3n) is 4.88. The number of halogens is 1. The van der Waals surface area contributed by atoms with E-state index in [-0.39, 0.29) is 25.4 Å². The van der Waals surface area contributed by atoms with Crippen molar-refractivity contribution in [3.05, 3.63) is 70.8 Å². The van der Waals surface area contributed by atoms with E-state index in [1.54, 1.807) is 49.4 Å². The van der Waals surface area contributed by atoms with E-state index in [9.17, 15) is 14.4 Å². The van der Waals surface area contributed by atoms with Crippen molar-refractivity contribution < 1.29 is 19.1 Å². The Labute approximate surface area is 185 Å². The van der Waals surface area contributed by atoms with Crippen LogP contribution in [0.2, 0.25) is 5.02 Å². The standard InChI is InChI=1S/C23H20ClN3O4/c1-15-12-17(8-9-20(15)24)26(11-5-10-25)21(28)14-31-22(29)13-27-16(2)18-6-3-4-7-19(18)23(27)30/h3-4,6-9,12H,2,5,11,13-14H2,1H3. The second kappa shape index (κ2) is 9.45. The van der Waals surface area contributed by atoms with Gasteiger partial charge in [-0.1, -0.05) is 36.4 Å². The van der Waals surface area contributed by atoms with Gasteiger partial charge in [-0.05, 0) is 36.8 Å². The van der Waals surface area contributed by atoms with Crippen LogP contribution in [-0.4, -0.2) is 42.4 Å². The first-order valence-corrected chi connectivity index (χ1v) is 9.90. The Morgan fingerprint density at radius 3 is 2.58 bits per heavy atom. The van der Waals surface area contributed by atoms with Gasteiger partial charge in [0, 0.05) is 34.1 Å². The summed E-state index contributed by atoms with van der Waals surface area (Å²) in [7, 11) is 0. The molecule has 2 aromatic carbocycles. The number of esters is 1. The summed E-state index contributed by atoms with van der Waals surface area (Å²) in [4.78, 5) is 40.1. The zero-order valence-corrected chi connectivity index (χ0v) is 17.7. The van der Waals surface area contributed by atoms with E-state index in [1.807, 2.05) is 6.07 Å². The van der Waals surface area contributed by atoms with Gasteiger partial charge >= 0.3 is 5.97 Å². The Balaban J connectivity index is 1.63. The molecular weight excluding hydrogens is 418 g/mol. The molecule has 0 saturated carbocycles. The summed E-state index contributed by atoms with van der Waals surface area (Å²) in [6, 6.07) is 14.0. The minimum absolute atomic E-state index is 0.113. The average molecular weight is 438 g/mol. The molecule has 0 bridgehead atoms. The number of fused-ring (bicyclic) bond motifs is 1. The lowest BCUT2D eigenvalue weighted by Crippen LogP contribution is -2.37. The lowest BCUT2D eigenvalue weighted by molar-refractivity contribution is -0.147. The van der Waals surface area contributed by atoms with Gasteiger partial charge in [0.25, 0.3) is 11.8 Å². The Bertz CT molecular complexity index is 1070. The van der Waals surface area contributed by atoms with Crippen LogP contribution in [0.1, 0.15) is 27.9 Å². The molecule has 1 heterocycles. The van der Waals surface area contributed by atoms with E-state index in [0.29, 0.717) is 27.5 Å². The first kappa shape index (κ1) is 22.1. The van der Waals surface area contributed by atoms with Gasteiger partial charge in [-0.25, -0.2) is 0 Å². The van der Waals surface area contributed by atoms with Gasteiger partial charge < -0.3 is 9.64 Å². The van der Waals surface area contributed by atoms with E-state index in [4.69, 9.17) is 21.6 Å². The lowest BCUT2D eigenvalue weighted by atomic mass is 10.1. The van der Waals surface area contributed by atoms with Crippen LogP contribution >= 0.6 is 11.6 Å². The van der Waals surface area contributed by atoms with Crippen LogP contribution in [0.3, 0.4) is 0 Å². The molecule has 8 heteroatoms. The molecule has 0 atom stereocenters. The van der Waals surface area contributed by atoms with Crippen LogP contribution < -0.4 is 4.90 Å². The summed E-state index contributed by atoms with van der Waals surface area (Å²) in [5, 5.41) is 9.46. The number of aryl methyl sites for hydroxylation is 1. The number of amides is 2. The molecule has 7 nitrogen and oxygen atoms in total. The van der Waals surface area contributed by atoms with Crippen molar-refractivity contribution in [2.75, 3.05) is 24.6 Å². The van der Waals surface area contributed by atoms with Gasteiger partial charge in [-0.3, -0.25) is 19.3 Å². The number of anilines is 1. The zero-order chi connectivity index (χ0) is 22.5. The van der Waals surface area contributed by atoms with E-state index in [2.05, 4.69) is 6.58 Å². The van der Waals surface area contributed by atoms with E-state index in [0.717, 1.165) is 5.56 Å². The van der Waals surface area contributed by atoms with Crippen LogP contribution in [-0.2, 0) is 14.3 Å². The predicted octanol–water partition coefficient (Wildman–Crippen LogP) is 3.57. The van der Waals surface area contributed by atoms with Gasteiger partial charge in [-0.15, -0.1) is 0 Å². The highest BCUT2D eigenvalue weighted by Gasteiger charge is 2.32. The number of hydrogen-bond donors (Lipinski definition) is 0. The first-order chi connectivity index (χ1) is 14.8. The largest absolute Gasteiger partial charge is 0.454 e. The van der Waals surface area contributed by atoms with Gasteiger partial charge in [0.15, 0.2) is 6.61 Å². The van der Waals surface area contributed by atoms with Gasteiger partial charge in [0.05, 0.1) is 12.5 Å². The quantitative estimate of drug-likeness (QED) is 0.617. The Morgan fingerprint density at radius 2 is 1.94 bits per heavy atom.